The molecular weight excluding hydrogens is 514 g/mol. The molecule has 5 rings (SSSR count). The number of aryl methyl sites for hydroxylation is 1. The van der Waals surface area contributed by atoms with E-state index in [2.05, 4.69) is 4.90 Å². The molecule has 2 aliphatic heterocycles. The smallest absolute Gasteiger partial charge is 0.254 e. The highest BCUT2D eigenvalue weighted by molar-refractivity contribution is 5.96. The van der Waals surface area contributed by atoms with Crippen LogP contribution in [0.4, 0.5) is 0 Å². The van der Waals surface area contributed by atoms with Crippen LogP contribution in [0.1, 0.15) is 27.4 Å². The van der Waals surface area contributed by atoms with Gasteiger partial charge in [0.1, 0.15) is 23.8 Å². The number of amides is 2. The summed E-state index contributed by atoms with van der Waals surface area (Å²) >= 11 is 0. The second-order valence-corrected chi connectivity index (χ2v) is 9.86. The number of hydrogen-bond acceptors (Lipinski definition) is 8. The molecule has 0 atom stereocenters. The van der Waals surface area contributed by atoms with Crippen LogP contribution in [0.3, 0.4) is 0 Å². The average molecular weight is 550 g/mol. The van der Waals surface area contributed by atoms with E-state index < -0.39 is 0 Å². The number of benzene rings is 2. The lowest BCUT2D eigenvalue weighted by atomic mass is 10.1. The van der Waals surface area contributed by atoms with Crippen molar-refractivity contribution in [1.29, 1.82) is 0 Å². The molecular formula is C30H35N3O7. The van der Waals surface area contributed by atoms with Gasteiger partial charge in [-0.1, -0.05) is 12.1 Å². The molecule has 40 heavy (non-hydrogen) atoms. The van der Waals surface area contributed by atoms with E-state index in [1.54, 1.807) is 41.2 Å². The summed E-state index contributed by atoms with van der Waals surface area (Å²) in [4.78, 5) is 33.2. The molecule has 212 valence electrons. The van der Waals surface area contributed by atoms with Gasteiger partial charge in [-0.25, -0.2) is 0 Å². The van der Waals surface area contributed by atoms with Crippen molar-refractivity contribution >= 4 is 11.8 Å². The first kappa shape index (κ1) is 27.5. The molecule has 3 heterocycles. The minimum Gasteiger partial charge on any atom is -0.497 e. The molecule has 1 saturated heterocycles. The topological polar surface area (TPSA) is 93.9 Å². The maximum absolute atomic E-state index is 13.9. The minimum atomic E-state index is -0.225. The molecule has 0 N–H and O–H groups in total. The molecule has 1 fully saturated rings. The molecule has 2 aliphatic rings. The molecule has 2 amide bonds. The number of methoxy groups -OCH3 is 1. The summed E-state index contributed by atoms with van der Waals surface area (Å²) in [5, 5.41) is 0. The molecule has 10 nitrogen and oxygen atoms in total. The second kappa shape index (κ2) is 12.9. The van der Waals surface area contributed by atoms with Gasteiger partial charge in [-0.15, -0.1) is 0 Å². The Morgan fingerprint density at radius 2 is 1.77 bits per heavy atom. The van der Waals surface area contributed by atoms with E-state index in [0.29, 0.717) is 61.4 Å². The molecule has 0 unspecified atom stereocenters. The van der Waals surface area contributed by atoms with Crippen molar-refractivity contribution in [3.8, 4) is 17.2 Å². The minimum absolute atomic E-state index is 0.0787. The fourth-order valence-corrected chi connectivity index (χ4v) is 4.79. The van der Waals surface area contributed by atoms with Crippen LogP contribution in [0.2, 0.25) is 0 Å². The summed E-state index contributed by atoms with van der Waals surface area (Å²) < 4.78 is 27.6. The van der Waals surface area contributed by atoms with Crippen LogP contribution in [-0.2, 0) is 22.6 Å². The number of furan rings is 1. The Hall–Kier alpha value is -4.02. The third kappa shape index (κ3) is 6.94. The van der Waals surface area contributed by atoms with Crippen molar-refractivity contribution in [2.24, 2.45) is 0 Å². The largest absolute Gasteiger partial charge is 0.497 e. The first-order valence-corrected chi connectivity index (χ1v) is 13.4. The van der Waals surface area contributed by atoms with Gasteiger partial charge in [0.05, 0.1) is 26.9 Å². The van der Waals surface area contributed by atoms with Crippen molar-refractivity contribution in [3.63, 3.8) is 0 Å². The van der Waals surface area contributed by atoms with Gasteiger partial charge >= 0.3 is 0 Å². The lowest BCUT2D eigenvalue weighted by molar-refractivity contribution is -0.133. The first-order valence-electron chi connectivity index (χ1n) is 13.4. The SMILES string of the molecule is COc1cccc(C(=O)N(CCN2CCOCC2)CC(=O)N(Cc2ccc3c(c2)OCO3)Cc2ccc(C)o2)c1. The third-order valence-corrected chi connectivity index (χ3v) is 7.03. The number of hydrogen-bond donors (Lipinski definition) is 0. The van der Waals surface area contributed by atoms with Crippen molar-refractivity contribution in [2.75, 3.05) is 59.8 Å². The Kier molecular flexibility index (Phi) is 8.87. The zero-order valence-electron chi connectivity index (χ0n) is 23.0. The van der Waals surface area contributed by atoms with E-state index in [0.717, 1.165) is 24.4 Å². The number of ether oxygens (including phenoxy) is 4. The zero-order chi connectivity index (χ0) is 27.9. The van der Waals surface area contributed by atoms with Gasteiger partial charge in [-0.05, 0) is 55.0 Å². The quantitative estimate of drug-likeness (QED) is 0.360. The monoisotopic (exact) mass is 549 g/mol. The molecule has 0 bridgehead atoms. The van der Waals surface area contributed by atoms with E-state index in [9.17, 15) is 9.59 Å². The van der Waals surface area contributed by atoms with Gasteiger partial charge in [-0.2, -0.15) is 0 Å². The highest BCUT2D eigenvalue weighted by atomic mass is 16.7. The van der Waals surface area contributed by atoms with Crippen molar-refractivity contribution < 1.29 is 33.0 Å². The fraction of sp³-hybridized carbons (Fsp3) is 0.400. The van der Waals surface area contributed by atoms with Gasteiger partial charge in [0.15, 0.2) is 11.5 Å². The molecule has 1 aromatic heterocycles. The lowest BCUT2D eigenvalue weighted by Gasteiger charge is -2.31. The number of carbonyl (C=O) groups excluding carboxylic acids is 2. The number of nitrogens with zero attached hydrogens (tertiary/aromatic N) is 3. The summed E-state index contributed by atoms with van der Waals surface area (Å²) in [6, 6.07) is 16.4. The standard InChI is InChI=1S/C30H35N3O7/c1-22-6-8-26(40-22)19-33(18-23-7-9-27-28(16-23)39-21-38-27)29(34)20-32(11-10-31-12-14-37-15-13-31)30(35)24-4-3-5-25(17-24)36-2/h3-9,16-17H,10-15,18-21H2,1-2H3. The Bertz CT molecular complexity index is 1320. The van der Waals surface area contributed by atoms with Gasteiger partial charge in [-0.3, -0.25) is 14.5 Å². The van der Waals surface area contributed by atoms with E-state index in [4.69, 9.17) is 23.4 Å². The molecule has 2 aromatic carbocycles. The van der Waals surface area contributed by atoms with E-state index in [-0.39, 0.29) is 31.7 Å². The van der Waals surface area contributed by atoms with Crippen molar-refractivity contribution in [1.82, 2.24) is 14.7 Å². The van der Waals surface area contributed by atoms with Gasteiger partial charge in [0.2, 0.25) is 12.7 Å². The van der Waals surface area contributed by atoms with Gasteiger partial charge < -0.3 is 33.2 Å². The summed E-state index contributed by atoms with van der Waals surface area (Å²) in [7, 11) is 1.56. The highest BCUT2D eigenvalue weighted by Gasteiger charge is 2.25. The number of morpholine rings is 1. The summed E-state index contributed by atoms with van der Waals surface area (Å²) in [5.74, 6) is 2.95. The third-order valence-electron chi connectivity index (χ3n) is 7.03. The summed E-state index contributed by atoms with van der Waals surface area (Å²) in [6.45, 7) is 6.52. The lowest BCUT2D eigenvalue weighted by Crippen LogP contribution is -2.47. The maximum atomic E-state index is 13.9. The number of carbonyl (C=O) groups is 2. The van der Waals surface area contributed by atoms with Crippen LogP contribution in [-0.4, -0.2) is 86.4 Å². The van der Waals surface area contributed by atoms with Gasteiger partial charge in [0.25, 0.3) is 5.91 Å². The molecule has 10 heteroatoms. The number of rotatable bonds is 11. The first-order chi connectivity index (χ1) is 19.5. The second-order valence-electron chi connectivity index (χ2n) is 9.86. The summed E-state index contributed by atoms with van der Waals surface area (Å²) in [6.07, 6.45) is 0. The molecule has 0 aliphatic carbocycles. The Balaban J connectivity index is 1.36. The van der Waals surface area contributed by atoms with Crippen LogP contribution in [0, 0.1) is 6.92 Å². The van der Waals surface area contributed by atoms with Crippen molar-refractivity contribution in [2.45, 2.75) is 20.0 Å². The van der Waals surface area contributed by atoms with E-state index in [1.807, 2.05) is 37.3 Å². The van der Waals surface area contributed by atoms with E-state index in [1.165, 1.54) is 0 Å². The van der Waals surface area contributed by atoms with Crippen LogP contribution in [0.5, 0.6) is 17.2 Å². The molecule has 3 aromatic rings. The molecule has 0 radical (unpaired) electrons. The van der Waals surface area contributed by atoms with Crippen molar-refractivity contribution in [3.05, 3.63) is 77.2 Å². The van der Waals surface area contributed by atoms with E-state index >= 15 is 0 Å². The fourth-order valence-electron chi connectivity index (χ4n) is 4.79. The predicted molar refractivity (Wildman–Crippen MR) is 146 cm³/mol. The average Bonchev–Trinajstić information content (AvgIpc) is 3.63. The predicted octanol–water partition coefficient (Wildman–Crippen LogP) is 3.33. The van der Waals surface area contributed by atoms with Crippen LogP contribution in [0.15, 0.2) is 59.0 Å². The van der Waals surface area contributed by atoms with Crippen LogP contribution < -0.4 is 14.2 Å². The molecule has 0 spiro atoms. The Morgan fingerprint density at radius 3 is 2.55 bits per heavy atom. The van der Waals surface area contributed by atoms with Crippen LogP contribution in [0.25, 0.3) is 0 Å². The normalized spacial score (nSPS) is 14.7. The Labute approximate surface area is 233 Å². The summed E-state index contributed by atoms with van der Waals surface area (Å²) in [5.41, 5.74) is 1.36. The number of fused-ring (bicyclic) bond motifs is 1. The van der Waals surface area contributed by atoms with Crippen LogP contribution >= 0.6 is 0 Å². The Morgan fingerprint density at radius 1 is 0.950 bits per heavy atom. The molecule has 0 saturated carbocycles. The highest BCUT2D eigenvalue weighted by Crippen LogP contribution is 2.33. The maximum Gasteiger partial charge on any atom is 0.254 e. The zero-order valence-corrected chi connectivity index (χ0v) is 23.0. The van der Waals surface area contributed by atoms with Gasteiger partial charge in [0, 0.05) is 38.3 Å².